The zero-order chi connectivity index (χ0) is 22.0. The second kappa shape index (κ2) is 9.19. The maximum absolute atomic E-state index is 15.0. The maximum atomic E-state index is 15.0. The zero-order valence-corrected chi connectivity index (χ0v) is 18.8. The number of nitrogens with zero attached hydrogens (tertiary/aromatic N) is 3. The van der Waals surface area contributed by atoms with Gasteiger partial charge in [0.1, 0.15) is 16.9 Å². The molecule has 0 spiro atoms. The Kier molecular flexibility index (Phi) is 6.38. The van der Waals surface area contributed by atoms with E-state index in [4.69, 9.17) is 29.2 Å². The van der Waals surface area contributed by atoms with Crippen LogP contribution in [0.4, 0.5) is 20.6 Å². The van der Waals surface area contributed by atoms with E-state index in [1.54, 1.807) is 19.1 Å². The van der Waals surface area contributed by atoms with Crippen LogP contribution in [0.3, 0.4) is 0 Å². The lowest BCUT2D eigenvalue weighted by molar-refractivity contribution is 0.143. The molecule has 2 fully saturated rings. The zero-order valence-electron chi connectivity index (χ0n) is 17.1. The number of aromatic nitrogens is 1. The van der Waals surface area contributed by atoms with Crippen molar-refractivity contribution in [2.75, 3.05) is 49.1 Å². The van der Waals surface area contributed by atoms with Crippen LogP contribution in [0.5, 0.6) is 0 Å². The van der Waals surface area contributed by atoms with Crippen LogP contribution in [0.2, 0.25) is 0 Å². The molecule has 4 rings (SSSR count). The number of piperazine rings is 1. The Balaban J connectivity index is 1.38. The lowest BCUT2D eigenvalue weighted by Crippen LogP contribution is -2.48. The Bertz CT molecular complexity index is 976. The molecule has 0 aliphatic carbocycles. The van der Waals surface area contributed by atoms with Gasteiger partial charge >= 0.3 is 6.09 Å². The number of aromatic amines is 1. The summed E-state index contributed by atoms with van der Waals surface area (Å²) in [5.74, 6) is -0.359. The van der Waals surface area contributed by atoms with E-state index in [1.165, 1.54) is 11.0 Å². The third-order valence-electron chi connectivity index (χ3n) is 5.43. The molecule has 1 aromatic carbocycles. The molecule has 1 amide bonds. The molecular formula is C21H24FN5O2S2. The van der Waals surface area contributed by atoms with E-state index in [2.05, 4.69) is 15.2 Å². The number of thiocarbonyl (C=S) groups is 2. The first-order valence-electron chi connectivity index (χ1n) is 10.1. The van der Waals surface area contributed by atoms with Crippen molar-refractivity contribution in [3.05, 3.63) is 48.0 Å². The van der Waals surface area contributed by atoms with Crippen molar-refractivity contribution in [3.63, 3.8) is 0 Å². The first-order valence-corrected chi connectivity index (χ1v) is 10.9. The number of cyclic esters (lactones) is 1. The molecule has 2 N–H and O–H groups in total. The van der Waals surface area contributed by atoms with Gasteiger partial charge in [0.25, 0.3) is 0 Å². The van der Waals surface area contributed by atoms with Crippen LogP contribution >= 0.6 is 24.4 Å². The average molecular weight is 462 g/mol. The number of carbonyl (C=O) groups is 1. The average Bonchev–Trinajstić information content (AvgIpc) is 3.42. The SMILES string of the molecule is CC(=S)NCC1CN(c2ccc(N3CCN(C(=S)c4ccc[nH]4)CC3)c(F)c2)C(=O)O1. The summed E-state index contributed by atoms with van der Waals surface area (Å²) in [6.45, 7) is 5.30. The van der Waals surface area contributed by atoms with Gasteiger partial charge < -0.3 is 24.8 Å². The third kappa shape index (κ3) is 4.80. The monoisotopic (exact) mass is 461 g/mol. The van der Waals surface area contributed by atoms with Gasteiger partial charge in [-0.05, 0) is 37.3 Å². The highest BCUT2D eigenvalue weighted by Crippen LogP contribution is 2.28. The van der Waals surface area contributed by atoms with Gasteiger partial charge in [-0.3, -0.25) is 4.90 Å². The predicted molar refractivity (Wildman–Crippen MR) is 127 cm³/mol. The van der Waals surface area contributed by atoms with Crippen LogP contribution in [-0.2, 0) is 4.74 Å². The molecule has 0 saturated carbocycles. The lowest BCUT2D eigenvalue weighted by atomic mass is 10.2. The van der Waals surface area contributed by atoms with Crippen molar-refractivity contribution in [2.45, 2.75) is 13.0 Å². The van der Waals surface area contributed by atoms with Gasteiger partial charge in [0.2, 0.25) is 0 Å². The summed E-state index contributed by atoms with van der Waals surface area (Å²) in [4.78, 5) is 22.3. The second-order valence-corrected chi connectivity index (χ2v) is 8.55. The number of halogens is 1. The molecule has 7 nitrogen and oxygen atoms in total. The second-order valence-electron chi connectivity index (χ2n) is 7.55. The van der Waals surface area contributed by atoms with E-state index in [1.807, 2.05) is 23.2 Å². The minimum Gasteiger partial charge on any atom is -0.442 e. The fourth-order valence-corrected chi connectivity index (χ4v) is 4.19. The molecule has 1 unspecified atom stereocenters. The van der Waals surface area contributed by atoms with E-state index in [0.29, 0.717) is 55.6 Å². The molecule has 1 atom stereocenters. The minimum absolute atomic E-state index is 0.329. The highest BCUT2D eigenvalue weighted by Gasteiger charge is 2.33. The number of carbonyl (C=O) groups excluding carboxylic acids is 1. The Morgan fingerprint density at radius 3 is 2.68 bits per heavy atom. The van der Waals surface area contributed by atoms with Crippen LogP contribution in [0.1, 0.15) is 12.6 Å². The molecule has 2 saturated heterocycles. The first-order chi connectivity index (χ1) is 14.9. The van der Waals surface area contributed by atoms with Gasteiger partial charge in [-0.15, -0.1) is 0 Å². The van der Waals surface area contributed by atoms with E-state index in [-0.39, 0.29) is 11.9 Å². The summed E-state index contributed by atoms with van der Waals surface area (Å²) in [6, 6.07) is 8.75. The number of benzene rings is 1. The highest BCUT2D eigenvalue weighted by atomic mass is 32.1. The van der Waals surface area contributed by atoms with Crippen LogP contribution in [0, 0.1) is 5.82 Å². The van der Waals surface area contributed by atoms with E-state index >= 15 is 0 Å². The Hall–Kier alpha value is -2.72. The summed E-state index contributed by atoms with van der Waals surface area (Å²) in [6.07, 6.45) is 1.04. The molecule has 2 aliphatic heterocycles. The predicted octanol–water partition coefficient (Wildman–Crippen LogP) is 2.91. The van der Waals surface area contributed by atoms with Crippen molar-refractivity contribution in [1.82, 2.24) is 15.2 Å². The smallest absolute Gasteiger partial charge is 0.414 e. The minimum atomic E-state index is -0.479. The highest BCUT2D eigenvalue weighted by molar-refractivity contribution is 7.80. The molecule has 0 bridgehead atoms. The normalized spacial score (nSPS) is 18.8. The van der Waals surface area contributed by atoms with Gasteiger partial charge in [-0.2, -0.15) is 0 Å². The van der Waals surface area contributed by atoms with Gasteiger partial charge in [-0.25, -0.2) is 9.18 Å². The van der Waals surface area contributed by atoms with Crippen LogP contribution in [0.15, 0.2) is 36.5 Å². The lowest BCUT2D eigenvalue weighted by Gasteiger charge is -2.37. The molecule has 31 heavy (non-hydrogen) atoms. The Morgan fingerprint density at radius 2 is 2.03 bits per heavy atom. The van der Waals surface area contributed by atoms with E-state index in [9.17, 15) is 9.18 Å². The molecular weight excluding hydrogens is 437 g/mol. The van der Waals surface area contributed by atoms with Crippen LogP contribution in [0.25, 0.3) is 0 Å². The first kappa shape index (κ1) is 21.5. The van der Waals surface area contributed by atoms with Gasteiger partial charge in [0.15, 0.2) is 0 Å². The maximum Gasteiger partial charge on any atom is 0.414 e. The van der Waals surface area contributed by atoms with Crippen molar-refractivity contribution >= 4 is 51.9 Å². The Morgan fingerprint density at radius 1 is 1.26 bits per heavy atom. The number of H-pyrrole nitrogens is 1. The van der Waals surface area contributed by atoms with Crippen LogP contribution < -0.4 is 15.1 Å². The quantitative estimate of drug-likeness (QED) is 0.664. The number of amides is 1. The third-order valence-corrected chi connectivity index (χ3v) is 6.05. The number of rotatable bonds is 5. The van der Waals surface area contributed by atoms with Crippen molar-refractivity contribution < 1.29 is 13.9 Å². The van der Waals surface area contributed by atoms with Gasteiger partial charge in [-0.1, -0.05) is 24.4 Å². The number of hydrogen-bond donors (Lipinski definition) is 2. The fourth-order valence-electron chi connectivity index (χ4n) is 3.80. The largest absolute Gasteiger partial charge is 0.442 e. The standard InChI is InChI=1S/C21H24FN5O2S2/c1-14(30)24-12-16-13-27(21(28)29-16)15-4-5-19(17(22)11-15)25-7-9-26(10-8-25)20(31)18-3-2-6-23-18/h2-6,11,16,23H,7-10,12-13H2,1H3,(H,24,30). The van der Waals surface area contributed by atoms with E-state index < -0.39 is 6.09 Å². The van der Waals surface area contributed by atoms with E-state index in [0.717, 1.165) is 10.7 Å². The number of ether oxygens (including phenoxy) is 1. The molecule has 2 aliphatic rings. The van der Waals surface area contributed by atoms with Crippen molar-refractivity contribution in [2.24, 2.45) is 0 Å². The summed E-state index contributed by atoms with van der Waals surface area (Å²) in [7, 11) is 0. The van der Waals surface area contributed by atoms with Crippen LogP contribution in [-0.4, -0.2) is 71.3 Å². The molecule has 2 aromatic rings. The molecule has 1 aromatic heterocycles. The number of hydrogen-bond acceptors (Lipinski definition) is 5. The molecule has 3 heterocycles. The summed E-state index contributed by atoms with van der Waals surface area (Å²) in [5, 5.41) is 3.00. The summed E-state index contributed by atoms with van der Waals surface area (Å²) >= 11 is 10.5. The van der Waals surface area contributed by atoms with Crippen molar-refractivity contribution in [1.29, 1.82) is 0 Å². The van der Waals surface area contributed by atoms with Crippen molar-refractivity contribution in [3.8, 4) is 0 Å². The molecule has 164 valence electrons. The van der Waals surface area contributed by atoms with Gasteiger partial charge in [0, 0.05) is 32.4 Å². The Labute approximate surface area is 191 Å². The number of nitrogens with one attached hydrogen (secondary N) is 2. The number of anilines is 2. The fraction of sp³-hybridized carbons (Fsp3) is 0.381. The summed E-state index contributed by atoms with van der Waals surface area (Å²) < 4.78 is 20.3. The molecule has 10 heteroatoms. The summed E-state index contributed by atoms with van der Waals surface area (Å²) in [5.41, 5.74) is 1.93. The van der Waals surface area contributed by atoms with Gasteiger partial charge in [0.05, 0.1) is 35.1 Å². The topological polar surface area (TPSA) is 63.8 Å². The molecule has 0 radical (unpaired) electrons.